The molecule has 0 amide bonds. The molecule has 5 heteroatoms. The Morgan fingerprint density at radius 2 is 2.15 bits per heavy atom. The van der Waals surface area contributed by atoms with E-state index >= 15 is 0 Å². The van der Waals surface area contributed by atoms with E-state index in [-0.39, 0.29) is 0 Å². The van der Waals surface area contributed by atoms with E-state index < -0.39 is 5.97 Å². The summed E-state index contributed by atoms with van der Waals surface area (Å²) in [5.74, 6) is -0.0298. The first-order valence-corrected chi connectivity index (χ1v) is 6.47. The number of ether oxygens (including phenoxy) is 2. The number of aromatic nitrogens is 2. The van der Waals surface area contributed by atoms with Gasteiger partial charge >= 0.3 is 5.97 Å². The van der Waals surface area contributed by atoms with Gasteiger partial charge in [-0.1, -0.05) is 31.4 Å². The third-order valence-electron chi connectivity index (χ3n) is 2.49. The van der Waals surface area contributed by atoms with Crippen LogP contribution in [-0.2, 0) is 11.3 Å². The van der Waals surface area contributed by atoms with Crippen molar-refractivity contribution in [3.05, 3.63) is 48.7 Å². The maximum atomic E-state index is 11.8. The summed E-state index contributed by atoms with van der Waals surface area (Å²) in [6, 6.07) is 0. The number of nitrogens with zero attached hydrogens (tertiary/aromatic N) is 2. The zero-order valence-corrected chi connectivity index (χ0v) is 12.0. The van der Waals surface area contributed by atoms with Crippen molar-refractivity contribution in [2.24, 2.45) is 0 Å². The van der Waals surface area contributed by atoms with E-state index in [1.807, 2.05) is 13.0 Å². The molecule has 0 radical (unpaired) electrons. The van der Waals surface area contributed by atoms with Gasteiger partial charge in [-0.05, 0) is 19.4 Å². The number of hydrogen-bond acceptors (Lipinski definition) is 4. The fraction of sp³-hybridized carbons (Fsp3) is 0.333. The molecule has 0 unspecified atom stereocenters. The maximum Gasteiger partial charge on any atom is 0.345 e. The minimum absolute atomic E-state index is 0.309. The van der Waals surface area contributed by atoms with Gasteiger partial charge in [0.25, 0.3) is 0 Å². The van der Waals surface area contributed by atoms with Crippen molar-refractivity contribution in [1.29, 1.82) is 0 Å². The van der Waals surface area contributed by atoms with Gasteiger partial charge in [-0.2, -0.15) is 5.10 Å². The van der Waals surface area contributed by atoms with Crippen LogP contribution in [0, 0.1) is 0 Å². The van der Waals surface area contributed by atoms with Crippen LogP contribution in [0.5, 0.6) is 5.88 Å². The van der Waals surface area contributed by atoms with Crippen molar-refractivity contribution in [3.8, 4) is 5.88 Å². The molecule has 0 spiro atoms. The molecule has 1 rings (SSSR count). The summed E-state index contributed by atoms with van der Waals surface area (Å²) in [6.07, 6.45) is 6.67. The molecule has 0 aliphatic rings. The van der Waals surface area contributed by atoms with E-state index in [0.29, 0.717) is 31.2 Å². The van der Waals surface area contributed by atoms with Crippen LogP contribution in [0.4, 0.5) is 0 Å². The van der Waals surface area contributed by atoms with Crippen LogP contribution in [0.15, 0.2) is 43.2 Å². The first-order chi connectivity index (χ1) is 9.67. The van der Waals surface area contributed by atoms with Crippen molar-refractivity contribution in [3.63, 3.8) is 0 Å². The average Bonchev–Trinajstić information content (AvgIpc) is 2.82. The summed E-state index contributed by atoms with van der Waals surface area (Å²) in [6.45, 7) is 12.2. The topological polar surface area (TPSA) is 53.4 Å². The Balaban J connectivity index is 3.08. The number of allylic oxidation sites excluding steroid dienone is 4. The Kier molecular flexibility index (Phi) is 6.29. The van der Waals surface area contributed by atoms with Crippen LogP contribution in [0.25, 0.3) is 0 Å². The summed E-state index contributed by atoms with van der Waals surface area (Å²) in [7, 11) is 0. The highest BCUT2D eigenvalue weighted by Gasteiger charge is 2.20. The summed E-state index contributed by atoms with van der Waals surface area (Å²) >= 11 is 0. The molecular formula is C15H20N2O3. The third-order valence-corrected chi connectivity index (χ3v) is 2.49. The predicted molar refractivity (Wildman–Crippen MR) is 77.8 cm³/mol. The number of carbonyl (C=O) groups is 1. The molecule has 1 heterocycles. The van der Waals surface area contributed by atoms with Crippen LogP contribution in [0.1, 0.15) is 24.2 Å². The minimum atomic E-state index is -0.435. The largest absolute Gasteiger partial charge is 0.478 e. The Morgan fingerprint density at radius 3 is 2.70 bits per heavy atom. The van der Waals surface area contributed by atoms with Gasteiger partial charge in [0.1, 0.15) is 5.56 Å². The second kappa shape index (κ2) is 7.99. The molecule has 0 saturated heterocycles. The van der Waals surface area contributed by atoms with Gasteiger partial charge in [0, 0.05) is 0 Å². The molecular weight excluding hydrogens is 256 g/mol. The van der Waals surface area contributed by atoms with Gasteiger partial charge in [0.2, 0.25) is 5.88 Å². The molecule has 0 fully saturated rings. The molecule has 0 bridgehead atoms. The number of hydrogen-bond donors (Lipinski definition) is 0. The fourth-order valence-electron chi connectivity index (χ4n) is 1.63. The predicted octanol–water partition coefficient (Wildman–Crippen LogP) is 2.76. The third kappa shape index (κ3) is 3.85. The number of rotatable bonds is 8. The van der Waals surface area contributed by atoms with Crippen LogP contribution < -0.4 is 4.74 Å². The van der Waals surface area contributed by atoms with Gasteiger partial charge in [-0.25, -0.2) is 9.48 Å². The van der Waals surface area contributed by atoms with Gasteiger partial charge in [-0.3, -0.25) is 0 Å². The van der Waals surface area contributed by atoms with E-state index in [4.69, 9.17) is 9.47 Å². The Morgan fingerprint density at radius 1 is 1.40 bits per heavy atom. The van der Waals surface area contributed by atoms with E-state index in [2.05, 4.69) is 18.3 Å². The smallest absolute Gasteiger partial charge is 0.345 e. The molecule has 1 aromatic rings. The zero-order chi connectivity index (χ0) is 15.0. The van der Waals surface area contributed by atoms with Crippen LogP contribution in [0.3, 0.4) is 0 Å². The summed E-state index contributed by atoms with van der Waals surface area (Å²) in [5, 5.41) is 4.18. The number of carbonyl (C=O) groups excluding carboxylic acids is 1. The van der Waals surface area contributed by atoms with E-state index in [0.717, 1.165) is 5.57 Å². The highest BCUT2D eigenvalue weighted by molar-refractivity contribution is 5.91. The van der Waals surface area contributed by atoms with Gasteiger partial charge in [0.15, 0.2) is 0 Å². The lowest BCUT2D eigenvalue weighted by atomic mass is 10.2. The van der Waals surface area contributed by atoms with E-state index in [1.165, 1.54) is 6.20 Å². The highest BCUT2D eigenvalue weighted by atomic mass is 16.5. The summed E-state index contributed by atoms with van der Waals surface area (Å²) < 4.78 is 12.1. The van der Waals surface area contributed by atoms with Crippen LogP contribution in [0.2, 0.25) is 0 Å². The van der Waals surface area contributed by atoms with Crippen molar-refractivity contribution in [1.82, 2.24) is 9.78 Å². The van der Waals surface area contributed by atoms with Gasteiger partial charge < -0.3 is 9.47 Å². The average molecular weight is 276 g/mol. The second-order valence-electron chi connectivity index (χ2n) is 3.86. The van der Waals surface area contributed by atoms with E-state index in [1.54, 1.807) is 23.8 Å². The number of esters is 1. The molecule has 0 aliphatic heterocycles. The first-order valence-electron chi connectivity index (χ1n) is 6.47. The molecule has 1 aromatic heterocycles. The van der Waals surface area contributed by atoms with E-state index in [9.17, 15) is 4.79 Å². The molecule has 0 aliphatic carbocycles. The van der Waals surface area contributed by atoms with Crippen molar-refractivity contribution < 1.29 is 14.3 Å². The van der Waals surface area contributed by atoms with Gasteiger partial charge in [-0.15, -0.1) is 0 Å². The van der Waals surface area contributed by atoms with Crippen LogP contribution in [-0.4, -0.2) is 29.0 Å². The molecule has 0 N–H and O–H groups in total. The molecule has 20 heavy (non-hydrogen) atoms. The van der Waals surface area contributed by atoms with Gasteiger partial charge in [0.05, 0.1) is 26.0 Å². The molecule has 0 saturated carbocycles. The first kappa shape index (κ1) is 15.8. The van der Waals surface area contributed by atoms with Crippen molar-refractivity contribution in [2.45, 2.75) is 20.4 Å². The van der Waals surface area contributed by atoms with Crippen molar-refractivity contribution in [2.75, 3.05) is 13.2 Å². The standard InChI is InChI=1S/C15H20N2O3/c1-5-9-12(6-2)11-17-14(19-7-3)13(10-16-17)15(18)20-8-4/h5-6,9-10H,1-2,7-8,11H2,3-4H3/b12-9+. The lowest BCUT2D eigenvalue weighted by Gasteiger charge is -2.10. The minimum Gasteiger partial charge on any atom is -0.478 e. The fourth-order valence-corrected chi connectivity index (χ4v) is 1.63. The SMILES string of the molecule is C=C/C=C(\C=C)Cn1ncc(C(=O)OCC)c1OCC. The second-order valence-corrected chi connectivity index (χ2v) is 3.86. The summed E-state index contributed by atoms with van der Waals surface area (Å²) in [5.41, 5.74) is 1.25. The molecule has 0 atom stereocenters. The van der Waals surface area contributed by atoms with Crippen molar-refractivity contribution >= 4 is 5.97 Å². The van der Waals surface area contributed by atoms with Crippen LogP contribution >= 0.6 is 0 Å². The highest BCUT2D eigenvalue weighted by Crippen LogP contribution is 2.21. The molecule has 0 aromatic carbocycles. The molecule has 108 valence electrons. The lowest BCUT2D eigenvalue weighted by molar-refractivity contribution is 0.0521. The quantitative estimate of drug-likeness (QED) is 0.541. The Bertz CT molecular complexity index is 515. The normalized spacial score (nSPS) is 11.0. The maximum absolute atomic E-state index is 11.8. The Hall–Kier alpha value is -2.30. The molecule has 5 nitrogen and oxygen atoms in total. The Labute approximate surface area is 119 Å². The monoisotopic (exact) mass is 276 g/mol. The summed E-state index contributed by atoms with van der Waals surface area (Å²) in [4.78, 5) is 11.8. The zero-order valence-electron chi connectivity index (χ0n) is 12.0. The lowest BCUT2D eigenvalue weighted by Crippen LogP contribution is -2.10.